The SMILES string of the molecule is Cc1cc(C(=O)NC2CCCN(c3ccnc4ccsc34)C2)nn1C. The van der Waals surface area contributed by atoms with Crippen LogP contribution in [0.3, 0.4) is 0 Å². The minimum atomic E-state index is -0.0912. The molecule has 1 saturated heterocycles. The largest absolute Gasteiger partial charge is 0.368 e. The summed E-state index contributed by atoms with van der Waals surface area (Å²) in [5.74, 6) is -0.0912. The number of fused-ring (bicyclic) bond motifs is 1. The first-order chi connectivity index (χ1) is 12.1. The molecule has 1 aliphatic heterocycles. The molecule has 25 heavy (non-hydrogen) atoms. The van der Waals surface area contributed by atoms with Gasteiger partial charge < -0.3 is 10.2 Å². The summed E-state index contributed by atoms with van der Waals surface area (Å²) in [5.41, 5.74) is 3.72. The lowest BCUT2D eigenvalue weighted by molar-refractivity contribution is 0.0927. The number of thiophene rings is 1. The quantitative estimate of drug-likeness (QED) is 0.785. The first kappa shape index (κ1) is 16.1. The second kappa shape index (κ2) is 6.48. The molecular weight excluding hydrogens is 334 g/mol. The number of piperidine rings is 1. The van der Waals surface area contributed by atoms with Gasteiger partial charge in [-0.05, 0) is 43.3 Å². The van der Waals surface area contributed by atoms with E-state index in [1.165, 1.54) is 10.4 Å². The highest BCUT2D eigenvalue weighted by Gasteiger charge is 2.24. The van der Waals surface area contributed by atoms with Crippen molar-refractivity contribution < 1.29 is 4.79 Å². The number of carbonyl (C=O) groups is 1. The van der Waals surface area contributed by atoms with Crippen LogP contribution in [0.5, 0.6) is 0 Å². The molecule has 4 rings (SSSR count). The Morgan fingerprint density at radius 2 is 2.28 bits per heavy atom. The maximum atomic E-state index is 12.5. The van der Waals surface area contributed by atoms with E-state index in [-0.39, 0.29) is 11.9 Å². The van der Waals surface area contributed by atoms with E-state index in [9.17, 15) is 4.79 Å². The summed E-state index contributed by atoms with van der Waals surface area (Å²) >= 11 is 1.72. The number of rotatable bonds is 3. The van der Waals surface area contributed by atoms with Crippen LogP contribution in [0.15, 0.2) is 29.8 Å². The topological polar surface area (TPSA) is 63.1 Å². The van der Waals surface area contributed by atoms with Crippen molar-refractivity contribution in [2.24, 2.45) is 7.05 Å². The number of hydrogen-bond donors (Lipinski definition) is 1. The van der Waals surface area contributed by atoms with Crippen LogP contribution in [0.1, 0.15) is 29.0 Å². The van der Waals surface area contributed by atoms with E-state index in [1.54, 1.807) is 16.0 Å². The van der Waals surface area contributed by atoms with Crippen LogP contribution in [0.2, 0.25) is 0 Å². The highest BCUT2D eigenvalue weighted by molar-refractivity contribution is 7.17. The van der Waals surface area contributed by atoms with E-state index in [4.69, 9.17) is 0 Å². The van der Waals surface area contributed by atoms with Crippen molar-refractivity contribution in [1.29, 1.82) is 0 Å². The van der Waals surface area contributed by atoms with Crippen molar-refractivity contribution in [2.75, 3.05) is 18.0 Å². The third-order valence-electron chi connectivity index (χ3n) is 4.77. The van der Waals surface area contributed by atoms with Gasteiger partial charge in [0.2, 0.25) is 0 Å². The Morgan fingerprint density at radius 3 is 3.08 bits per heavy atom. The fourth-order valence-electron chi connectivity index (χ4n) is 3.35. The summed E-state index contributed by atoms with van der Waals surface area (Å²) in [6, 6.07) is 6.08. The molecule has 4 heterocycles. The third kappa shape index (κ3) is 3.11. The average molecular weight is 355 g/mol. The van der Waals surface area contributed by atoms with Crippen LogP contribution in [0, 0.1) is 6.92 Å². The molecule has 1 atom stereocenters. The number of aryl methyl sites for hydroxylation is 2. The van der Waals surface area contributed by atoms with Crippen LogP contribution >= 0.6 is 11.3 Å². The van der Waals surface area contributed by atoms with Gasteiger partial charge in [0.25, 0.3) is 5.91 Å². The van der Waals surface area contributed by atoms with Crippen LogP contribution in [0.25, 0.3) is 10.2 Å². The van der Waals surface area contributed by atoms with E-state index in [1.807, 2.05) is 26.2 Å². The summed E-state index contributed by atoms with van der Waals surface area (Å²) in [7, 11) is 1.85. The van der Waals surface area contributed by atoms with E-state index >= 15 is 0 Å². The van der Waals surface area contributed by atoms with Gasteiger partial charge in [-0.1, -0.05) is 0 Å². The Bertz CT molecular complexity index is 896. The fraction of sp³-hybridized carbons (Fsp3) is 0.389. The fourth-order valence-corrected chi connectivity index (χ4v) is 4.25. The molecule has 0 radical (unpaired) electrons. The van der Waals surface area contributed by atoms with E-state index < -0.39 is 0 Å². The Morgan fingerprint density at radius 1 is 1.40 bits per heavy atom. The molecule has 3 aromatic heterocycles. The summed E-state index contributed by atoms with van der Waals surface area (Å²) in [6.45, 7) is 3.77. The minimum absolute atomic E-state index is 0.0912. The lowest BCUT2D eigenvalue weighted by atomic mass is 10.0. The third-order valence-corrected chi connectivity index (χ3v) is 5.69. The lowest BCUT2D eigenvalue weighted by Crippen LogP contribution is -2.48. The number of anilines is 1. The summed E-state index contributed by atoms with van der Waals surface area (Å²) < 4.78 is 2.95. The molecule has 0 aromatic carbocycles. The number of carbonyl (C=O) groups excluding carboxylic acids is 1. The molecule has 6 nitrogen and oxygen atoms in total. The molecule has 1 fully saturated rings. The number of pyridine rings is 1. The lowest BCUT2D eigenvalue weighted by Gasteiger charge is -2.34. The van der Waals surface area contributed by atoms with Gasteiger partial charge in [-0.25, -0.2) is 0 Å². The molecule has 1 amide bonds. The van der Waals surface area contributed by atoms with Crippen molar-refractivity contribution in [3.05, 3.63) is 41.2 Å². The highest BCUT2D eigenvalue weighted by atomic mass is 32.1. The Hall–Kier alpha value is -2.41. The summed E-state index contributed by atoms with van der Waals surface area (Å²) in [6.07, 6.45) is 3.91. The normalized spacial score (nSPS) is 17.8. The first-order valence-corrected chi connectivity index (χ1v) is 9.38. The standard InChI is InChI=1S/C18H21N5OS/c1-12-10-15(21-22(12)2)18(24)20-13-4-3-8-23(11-13)16-5-7-19-14-6-9-25-17(14)16/h5-7,9-10,13H,3-4,8,11H2,1-2H3,(H,20,24). The molecular formula is C18H21N5OS. The number of hydrogen-bond acceptors (Lipinski definition) is 5. The van der Waals surface area contributed by atoms with Gasteiger partial charge in [-0.2, -0.15) is 5.10 Å². The molecule has 1 unspecified atom stereocenters. The summed E-state index contributed by atoms with van der Waals surface area (Å²) in [5, 5.41) is 9.50. The van der Waals surface area contributed by atoms with Crippen molar-refractivity contribution in [1.82, 2.24) is 20.1 Å². The van der Waals surface area contributed by atoms with Crippen molar-refractivity contribution in [2.45, 2.75) is 25.8 Å². The first-order valence-electron chi connectivity index (χ1n) is 8.50. The van der Waals surface area contributed by atoms with Gasteiger partial charge in [-0.3, -0.25) is 14.5 Å². The van der Waals surface area contributed by atoms with Gasteiger partial charge in [0.1, 0.15) is 5.69 Å². The average Bonchev–Trinajstić information content (AvgIpc) is 3.22. The molecule has 1 N–H and O–H groups in total. The van der Waals surface area contributed by atoms with Gasteiger partial charge in [-0.15, -0.1) is 11.3 Å². The molecule has 0 spiro atoms. The van der Waals surface area contributed by atoms with Crippen LogP contribution in [-0.2, 0) is 7.05 Å². The predicted molar refractivity (Wildman–Crippen MR) is 100 cm³/mol. The number of nitrogens with one attached hydrogen (secondary N) is 1. The van der Waals surface area contributed by atoms with Crippen LogP contribution < -0.4 is 10.2 Å². The number of nitrogens with zero attached hydrogens (tertiary/aromatic N) is 4. The Balaban J connectivity index is 1.49. The van der Waals surface area contributed by atoms with Gasteiger partial charge in [0, 0.05) is 38.1 Å². The van der Waals surface area contributed by atoms with Crippen LogP contribution in [-0.4, -0.2) is 39.8 Å². The molecule has 3 aromatic rings. The maximum absolute atomic E-state index is 12.5. The second-order valence-corrected chi connectivity index (χ2v) is 7.43. The monoisotopic (exact) mass is 355 g/mol. The van der Waals surface area contributed by atoms with Gasteiger partial charge >= 0.3 is 0 Å². The molecule has 130 valence electrons. The van der Waals surface area contributed by atoms with Crippen LogP contribution in [0.4, 0.5) is 5.69 Å². The molecule has 7 heteroatoms. The molecule has 0 saturated carbocycles. The van der Waals surface area contributed by atoms with E-state index in [2.05, 4.69) is 37.8 Å². The zero-order valence-electron chi connectivity index (χ0n) is 14.4. The second-order valence-electron chi connectivity index (χ2n) is 6.52. The number of amides is 1. The zero-order valence-corrected chi connectivity index (χ0v) is 15.2. The molecule has 0 bridgehead atoms. The smallest absolute Gasteiger partial charge is 0.272 e. The Labute approximate surface area is 150 Å². The van der Waals surface area contributed by atoms with Crippen molar-refractivity contribution >= 4 is 33.1 Å². The molecule has 1 aliphatic rings. The predicted octanol–water partition coefficient (Wildman–Crippen LogP) is 2.74. The van der Waals surface area contributed by atoms with Gasteiger partial charge in [0.05, 0.1) is 15.9 Å². The highest BCUT2D eigenvalue weighted by Crippen LogP contribution is 2.31. The minimum Gasteiger partial charge on any atom is -0.368 e. The van der Waals surface area contributed by atoms with E-state index in [0.717, 1.165) is 37.1 Å². The van der Waals surface area contributed by atoms with Crippen molar-refractivity contribution in [3.8, 4) is 0 Å². The van der Waals surface area contributed by atoms with E-state index in [0.29, 0.717) is 5.69 Å². The maximum Gasteiger partial charge on any atom is 0.272 e. The zero-order chi connectivity index (χ0) is 17.4. The van der Waals surface area contributed by atoms with Gasteiger partial charge in [0.15, 0.2) is 0 Å². The van der Waals surface area contributed by atoms with Crippen molar-refractivity contribution in [3.63, 3.8) is 0 Å². The number of aromatic nitrogens is 3. The Kier molecular flexibility index (Phi) is 4.17. The summed E-state index contributed by atoms with van der Waals surface area (Å²) in [4.78, 5) is 19.3. The molecule has 0 aliphatic carbocycles.